The Kier molecular flexibility index (Phi) is 9.12. The van der Waals surface area contributed by atoms with Gasteiger partial charge in [-0.3, -0.25) is 0 Å². The summed E-state index contributed by atoms with van der Waals surface area (Å²) in [5.74, 6) is 0.621. The van der Waals surface area contributed by atoms with Crippen LogP contribution in [-0.2, 0) is 5.41 Å². The second-order valence-corrected chi connectivity index (χ2v) is 6.44. The van der Waals surface area contributed by atoms with Crippen molar-refractivity contribution in [2.75, 3.05) is 0 Å². The van der Waals surface area contributed by atoms with Crippen LogP contribution < -0.4 is 0 Å². The summed E-state index contributed by atoms with van der Waals surface area (Å²) < 4.78 is 0. The number of phenolic OH excluding ortho intramolecular Hbond substituents is 2. The van der Waals surface area contributed by atoms with Crippen LogP contribution >= 0.6 is 0 Å². The van der Waals surface area contributed by atoms with Crippen molar-refractivity contribution in [1.29, 1.82) is 0 Å². The molecule has 0 atom stereocenters. The Balaban J connectivity index is 0.000000567. The predicted octanol–water partition coefficient (Wildman–Crippen LogP) is 6.79. The Bertz CT molecular complexity index is 531. The zero-order chi connectivity index (χ0) is 18.7. The molecule has 1 fully saturated rings. The lowest BCUT2D eigenvalue weighted by Crippen LogP contribution is -2.30. The SMILES string of the molecule is CC.CCC.Oc1ccc(C2(c3ccc(O)cc3)CCCCC2)cc1. The van der Waals surface area contributed by atoms with E-state index in [2.05, 4.69) is 13.8 Å². The van der Waals surface area contributed by atoms with Crippen molar-refractivity contribution in [2.45, 2.75) is 71.6 Å². The minimum Gasteiger partial charge on any atom is -0.508 e. The van der Waals surface area contributed by atoms with E-state index in [0.29, 0.717) is 11.5 Å². The molecule has 138 valence electrons. The maximum Gasteiger partial charge on any atom is 0.115 e. The maximum absolute atomic E-state index is 9.51. The highest BCUT2D eigenvalue weighted by molar-refractivity contribution is 5.43. The summed E-state index contributed by atoms with van der Waals surface area (Å²) in [7, 11) is 0. The minimum absolute atomic E-state index is 0.0274. The molecule has 1 aliphatic rings. The first-order chi connectivity index (χ1) is 12.1. The van der Waals surface area contributed by atoms with Crippen molar-refractivity contribution in [1.82, 2.24) is 0 Å². The monoisotopic (exact) mass is 342 g/mol. The third-order valence-electron chi connectivity index (χ3n) is 4.55. The van der Waals surface area contributed by atoms with Gasteiger partial charge in [0.15, 0.2) is 0 Å². The third kappa shape index (κ3) is 5.52. The maximum atomic E-state index is 9.51. The number of phenols is 2. The molecule has 25 heavy (non-hydrogen) atoms. The number of hydrogen-bond acceptors (Lipinski definition) is 2. The van der Waals surface area contributed by atoms with E-state index in [1.807, 2.05) is 38.1 Å². The highest BCUT2D eigenvalue weighted by atomic mass is 16.3. The molecule has 0 unspecified atom stereocenters. The first kappa shape index (κ1) is 21.1. The van der Waals surface area contributed by atoms with Crippen LogP contribution in [0.4, 0.5) is 0 Å². The minimum atomic E-state index is 0.0274. The van der Waals surface area contributed by atoms with E-state index in [4.69, 9.17) is 0 Å². The van der Waals surface area contributed by atoms with Crippen molar-refractivity contribution in [3.63, 3.8) is 0 Å². The van der Waals surface area contributed by atoms with Gasteiger partial charge in [0.25, 0.3) is 0 Å². The number of hydrogen-bond donors (Lipinski definition) is 2. The molecule has 0 radical (unpaired) electrons. The number of aromatic hydroxyl groups is 2. The topological polar surface area (TPSA) is 40.5 Å². The Morgan fingerprint density at radius 3 is 1.32 bits per heavy atom. The summed E-state index contributed by atoms with van der Waals surface area (Å²) in [6, 6.07) is 15.2. The zero-order valence-electron chi connectivity index (χ0n) is 16.3. The highest BCUT2D eigenvalue weighted by Gasteiger charge is 2.35. The molecule has 2 heteroatoms. The fraction of sp³-hybridized carbons (Fsp3) is 0.478. The smallest absolute Gasteiger partial charge is 0.115 e. The molecule has 3 rings (SSSR count). The molecule has 2 aromatic rings. The molecule has 0 amide bonds. The van der Waals surface area contributed by atoms with Crippen molar-refractivity contribution < 1.29 is 10.2 Å². The fourth-order valence-corrected chi connectivity index (χ4v) is 3.46. The van der Waals surface area contributed by atoms with Crippen LogP contribution in [-0.4, -0.2) is 10.2 Å². The molecule has 0 spiro atoms. The molecular formula is C23H34O2. The molecule has 1 saturated carbocycles. The lowest BCUT2D eigenvalue weighted by atomic mass is 9.65. The molecule has 0 bridgehead atoms. The van der Waals surface area contributed by atoms with Crippen LogP contribution in [0.5, 0.6) is 11.5 Å². The second-order valence-electron chi connectivity index (χ2n) is 6.44. The van der Waals surface area contributed by atoms with Gasteiger partial charge < -0.3 is 10.2 Å². The van der Waals surface area contributed by atoms with E-state index < -0.39 is 0 Å². The summed E-state index contributed by atoms with van der Waals surface area (Å²) in [4.78, 5) is 0. The summed E-state index contributed by atoms with van der Waals surface area (Å²) in [5, 5.41) is 19.0. The van der Waals surface area contributed by atoms with Crippen LogP contribution in [0.25, 0.3) is 0 Å². The van der Waals surface area contributed by atoms with Gasteiger partial charge in [-0.05, 0) is 48.2 Å². The molecule has 1 aliphatic carbocycles. The van der Waals surface area contributed by atoms with Crippen molar-refractivity contribution >= 4 is 0 Å². The average molecular weight is 343 g/mol. The molecule has 0 aromatic heterocycles. The molecule has 2 aromatic carbocycles. The standard InChI is InChI=1S/C18H20O2.C3H8.C2H6/c19-16-8-4-14(5-9-16)18(12-2-1-3-13-18)15-6-10-17(20)11-7-15;1-3-2;1-2/h4-11,19-20H,1-3,12-13H2;3H2,1-2H3;1-2H3. The van der Waals surface area contributed by atoms with Gasteiger partial charge in [-0.2, -0.15) is 0 Å². The van der Waals surface area contributed by atoms with Crippen LogP contribution in [0.3, 0.4) is 0 Å². The Morgan fingerprint density at radius 1 is 0.680 bits per heavy atom. The van der Waals surface area contributed by atoms with Crippen molar-refractivity contribution in [3.8, 4) is 11.5 Å². The van der Waals surface area contributed by atoms with Gasteiger partial charge in [0, 0.05) is 5.41 Å². The first-order valence-electron chi connectivity index (χ1n) is 9.71. The van der Waals surface area contributed by atoms with E-state index in [0.717, 1.165) is 12.8 Å². The molecule has 0 saturated heterocycles. The molecule has 0 heterocycles. The van der Waals surface area contributed by atoms with Gasteiger partial charge >= 0.3 is 0 Å². The molecular weight excluding hydrogens is 308 g/mol. The molecule has 2 nitrogen and oxygen atoms in total. The fourth-order valence-electron chi connectivity index (χ4n) is 3.46. The van der Waals surface area contributed by atoms with Crippen molar-refractivity contribution in [3.05, 3.63) is 59.7 Å². The normalized spacial score (nSPS) is 15.2. The van der Waals surface area contributed by atoms with E-state index >= 15 is 0 Å². The lowest BCUT2D eigenvalue weighted by Gasteiger charge is -2.38. The van der Waals surface area contributed by atoms with Gasteiger partial charge in [-0.25, -0.2) is 0 Å². The Hall–Kier alpha value is -1.96. The summed E-state index contributed by atoms with van der Waals surface area (Å²) in [6.45, 7) is 8.25. The van der Waals surface area contributed by atoms with Crippen LogP contribution in [0.15, 0.2) is 48.5 Å². The van der Waals surface area contributed by atoms with Crippen LogP contribution in [0.1, 0.15) is 77.3 Å². The summed E-state index contributed by atoms with van der Waals surface area (Å²) in [6.07, 6.45) is 7.24. The van der Waals surface area contributed by atoms with Crippen molar-refractivity contribution in [2.24, 2.45) is 0 Å². The molecule has 0 aliphatic heterocycles. The van der Waals surface area contributed by atoms with E-state index in [9.17, 15) is 10.2 Å². The van der Waals surface area contributed by atoms with E-state index in [1.54, 1.807) is 24.3 Å². The van der Waals surface area contributed by atoms with Gasteiger partial charge in [0.1, 0.15) is 11.5 Å². The molecule has 2 N–H and O–H groups in total. The highest BCUT2D eigenvalue weighted by Crippen LogP contribution is 2.45. The Morgan fingerprint density at radius 2 is 1.00 bits per heavy atom. The third-order valence-corrected chi connectivity index (χ3v) is 4.55. The quantitative estimate of drug-likeness (QED) is 0.630. The number of rotatable bonds is 2. The summed E-state index contributed by atoms with van der Waals surface area (Å²) >= 11 is 0. The van der Waals surface area contributed by atoms with Gasteiger partial charge in [-0.15, -0.1) is 0 Å². The van der Waals surface area contributed by atoms with E-state index in [-0.39, 0.29) is 5.41 Å². The largest absolute Gasteiger partial charge is 0.508 e. The van der Waals surface area contributed by atoms with Gasteiger partial charge in [0.2, 0.25) is 0 Å². The van der Waals surface area contributed by atoms with Crippen LogP contribution in [0.2, 0.25) is 0 Å². The first-order valence-corrected chi connectivity index (χ1v) is 9.71. The lowest BCUT2D eigenvalue weighted by molar-refractivity contribution is 0.345. The second kappa shape index (κ2) is 10.8. The van der Waals surface area contributed by atoms with Crippen LogP contribution in [0, 0.1) is 0 Å². The van der Waals surface area contributed by atoms with Gasteiger partial charge in [0.05, 0.1) is 0 Å². The average Bonchev–Trinajstić information content (AvgIpc) is 2.66. The van der Waals surface area contributed by atoms with E-state index in [1.165, 1.54) is 36.8 Å². The zero-order valence-corrected chi connectivity index (χ0v) is 16.3. The predicted molar refractivity (Wildman–Crippen MR) is 107 cm³/mol. The Labute approximate surface area is 153 Å². The summed E-state index contributed by atoms with van der Waals surface area (Å²) in [5.41, 5.74) is 2.56. The van der Waals surface area contributed by atoms with Gasteiger partial charge in [-0.1, -0.05) is 77.6 Å². The number of benzene rings is 2.